The summed E-state index contributed by atoms with van der Waals surface area (Å²) in [4.78, 5) is 18.3. The number of nitrogens with zero attached hydrogens (tertiary/aromatic N) is 2. The van der Waals surface area contributed by atoms with Crippen LogP contribution in [0.4, 0.5) is 5.82 Å². The van der Waals surface area contributed by atoms with Gasteiger partial charge < -0.3 is 11.1 Å². The lowest BCUT2D eigenvalue weighted by molar-refractivity contribution is -0.118. The van der Waals surface area contributed by atoms with E-state index in [-0.39, 0.29) is 11.2 Å². The summed E-state index contributed by atoms with van der Waals surface area (Å²) in [5, 5.41) is 3.29. The van der Waals surface area contributed by atoms with Crippen molar-refractivity contribution in [3.05, 3.63) is 16.0 Å². The number of halogens is 2. The van der Waals surface area contributed by atoms with Crippen molar-refractivity contribution >= 4 is 39.3 Å². The number of unbranched alkanes of at least 4 members (excludes halogenated alkanes) is 1. The zero-order valence-electron chi connectivity index (χ0n) is 8.54. The molecule has 0 saturated heterocycles. The van der Waals surface area contributed by atoms with Gasteiger partial charge in [0.2, 0.25) is 11.2 Å². The highest BCUT2D eigenvalue weighted by atomic mass is 79.9. The number of hydrogen-bond donors (Lipinski definition) is 2. The van der Waals surface area contributed by atoms with E-state index in [1.807, 2.05) is 0 Å². The molecule has 16 heavy (non-hydrogen) atoms. The van der Waals surface area contributed by atoms with Crippen molar-refractivity contribution in [2.75, 3.05) is 11.9 Å². The number of anilines is 1. The molecular weight excluding hydrogens is 295 g/mol. The molecule has 1 heterocycles. The van der Waals surface area contributed by atoms with Crippen LogP contribution in [0.1, 0.15) is 19.3 Å². The Morgan fingerprint density at radius 1 is 1.56 bits per heavy atom. The molecule has 0 aliphatic heterocycles. The van der Waals surface area contributed by atoms with E-state index in [2.05, 4.69) is 31.2 Å². The molecule has 0 aliphatic carbocycles. The second-order valence-electron chi connectivity index (χ2n) is 3.19. The number of carbonyl (C=O) groups is 1. The fourth-order valence-electron chi connectivity index (χ4n) is 1.10. The van der Waals surface area contributed by atoms with Gasteiger partial charge in [-0.15, -0.1) is 0 Å². The van der Waals surface area contributed by atoms with Crippen LogP contribution in [-0.2, 0) is 4.79 Å². The third-order valence-corrected chi connectivity index (χ3v) is 2.62. The molecule has 1 amide bonds. The Balaban J connectivity index is 2.31. The normalized spacial score (nSPS) is 10.1. The summed E-state index contributed by atoms with van der Waals surface area (Å²) in [6.45, 7) is 0.708. The largest absolute Gasteiger partial charge is 0.370 e. The van der Waals surface area contributed by atoms with Crippen LogP contribution in [0, 0.1) is 0 Å². The number of amides is 1. The molecule has 1 aromatic heterocycles. The molecule has 0 atom stereocenters. The number of rotatable bonds is 6. The molecule has 3 N–H and O–H groups in total. The monoisotopic (exact) mass is 306 g/mol. The van der Waals surface area contributed by atoms with Gasteiger partial charge in [0.15, 0.2) is 0 Å². The molecule has 0 bridgehead atoms. The second kappa shape index (κ2) is 6.65. The van der Waals surface area contributed by atoms with Crippen molar-refractivity contribution in [1.29, 1.82) is 0 Å². The van der Waals surface area contributed by atoms with Gasteiger partial charge in [-0.1, -0.05) is 0 Å². The smallest absolute Gasteiger partial charge is 0.224 e. The van der Waals surface area contributed by atoms with Crippen molar-refractivity contribution < 1.29 is 4.79 Å². The molecule has 0 radical (unpaired) electrons. The lowest BCUT2D eigenvalue weighted by Gasteiger charge is -2.06. The molecule has 1 rings (SSSR count). The molecule has 7 heteroatoms. The van der Waals surface area contributed by atoms with Crippen molar-refractivity contribution in [1.82, 2.24) is 9.97 Å². The van der Waals surface area contributed by atoms with Crippen LogP contribution in [-0.4, -0.2) is 22.4 Å². The van der Waals surface area contributed by atoms with Crippen molar-refractivity contribution in [3.63, 3.8) is 0 Å². The summed E-state index contributed by atoms with van der Waals surface area (Å²) in [5.74, 6) is 0.380. The molecule has 1 aromatic rings. The maximum Gasteiger partial charge on any atom is 0.224 e. The molecular formula is C9H12BrClN4O. The lowest BCUT2D eigenvalue weighted by Crippen LogP contribution is -2.11. The quantitative estimate of drug-likeness (QED) is 0.622. The van der Waals surface area contributed by atoms with Gasteiger partial charge in [-0.3, -0.25) is 4.79 Å². The molecule has 0 aliphatic rings. The van der Waals surface area contributed by atoms with E-state index in [9.17, 15) is 4.79 Å². The molecule has 0 aromatic carbocycles. The predicted molar refractivity (Wildman–Crippen MR) is 66.3 cm³/mol. The van der Waals surface area contributed by atoms with Crippen molar-refractivity contribution in [3.8, 4) is 0 Å². The Bertz CT molecular complexity index is 375. The van der Waals surface area contributed by atoms with Crippen LogP contribution in [0.15, 0.2) is 10.7 Å². The van der Waals surface area contributed by atoms with Crippen LogP contribution < -0.4 is 11.1 Å². The summed E-state index contributed by atoms with van der Waals surface area (Å²) in [5.41, 5.74) is 5.02. The van der Waals surface area contributed by atoms with Crippen molar-refractivity contribution in [2.24, 2.45) is 5.73 Å². The first kappa shape index (κ1) is 13.2. The van der Waals surface area contributed by atoms with E-state index in [1.54, 1.807) is 6.20 Å². The average molecular weight is 308 g/mol. The summed E-state index contributed by atoms with van der Waals surface area (Å²) in [6, 6.07) is 0. The minimum atomic E-state index is -0.272. The number of aromatic nitrogens is 2. The number of carbonyl (C=O) groups excluding carboxylic acids is 1. The molecule has 0 fully saturated rings. The molecule has 0 unspecified atom stereocenters. The van der Waals surface area contributed by atoms with Gasteiger partial charge >= 0.3 is 0 Å². The van der Waals surface area contributed by atoms with Crippen molar-refractivity contribution in [2.45, 2.75) is 19.3 Å². The Morgan fingerprint density at radius 3 is 3.00 bits per heavy atom. The van der Waals surface area contributed by atoms with Gasteiger partial charge in [0.25, 0.3) is 0 Å². The van der Waals surface area contributed by atoms with Crippen LogP contribution in [0.3, 0.4) is 0 Å². The summed E-state index contributed by atoms with van der Waals surface area (Å²) < 4.78 is 0.756. The maximum absolute atomic E-state index is 10.5. The topological polar surface area (TPSA) is 80.9 Å². The predicted octanol–water partition coefficient (Wildman–Crippen LogP) is 1.96. The third-order valence-electron chi connectivity index (χ3n) is 1.86. The van der Waals surface area contributed by atoms with Gasteiger partial charge in [-0.2, -0.15) is 4.98 Å². The van der Waals surface area contributed by atoms with E-state index in [1.165, 1.54) is 0 Å². The average Bonchev–Trinajstić information content (AvgIpc) is 2.22. The SMILES string of the molecule is NC(=O)CCCCNc1nc(Cl)ncc1Br. The second-order valence-corrected chi connectivity index (χ2v) is 4.38. The first-order valence-corrected chi connectivity index (χ1v) is 5.97. The van der Waals surface area contributed by atoms with Gasteiger partial charge in [0.05, 0.1) is 4.47 Å². The highest BCUT2D eigenvalue weighted by molar-refractivity contribution is 9.10. The van der Waals surface area contributed by atoms with E-state index in [4.69, 9.17) is 17.3 Å². The highest BCUT2D eigenvalue weighted by Gasteiger charge is 2.02. The fraction of sp³-hybridized carbons (Fsp3) is 0.444. The van der Waals surface area contributed by atoms with E-state index < -0.39 is 0 Å². The van der Waals surface area contributed by atoms with Crippen LogP contribution in [0.5, 0.6) is 0 Å². The Hall–Kier alpha value is -0.880. The Labute approximate surface area is 107 Å². The molecule has 88 valence electrons. The molecule has 5 nitrogen and oxygen atoms in total. The summed E-state index contributed by atoms with van der Waals surface area (Å²) in [7, 11) is 0. The highest BCUT2D eigenvalue weighted by Crippen LogP contribution is 2.19. The number of nitrogens with one attached hydrogen (secondary N) is 1. The zero-order valence-corrected chi connectivity index (χ0v) is 10.9. The number of hydrogen-bond acceptors (Lipinski definition) is 4. The fourth-order valence-corrected chi connectivity index (χ4v) is 1.57. The van der Waals surface area contributed by atoms with Crippen LogP contribution in [0.2, 0.25) is 5.28 Å². The lowest BCUT2D eigenvalue weighted by atomic mass is 10.2. The van der Waals surface area contributed by atoms with E-state index in [0.29, 0.717) is 18.8 Å². The maximum atomic E-state index is 10.5. The van der Waals surface area contributed by atoms with Crippen LogP contribution in [0.25, 0.3) is 0 Å². The Morgan fingerprint density at radius 2 is 2.31 bits per heavy atom. The van der Waals surface area contributed by atoms with Gasteiger partial charge in [-0.25, -0.2) is 4.98 Å². The minimum absolute atomic E-state index is 0.197. The standard InChI is InChI=1S/C9H12BrClN4O/c10-6-5-14-9(11)15-8(6)13-4-2-1-3-7(12)16/h5H,1-4H2,(H2,12,16)(H,13,14,15). The summed E-state index contributed by atoms with van der Waals surface area (Å²) in [6.07, 6.45) is 3.60. The number of nitrogens with two attached hydrogens (primary N) is 1. The van der Waals surface area contributed by atoms with Crippen LogP contribution >= 0.6 is 27.5 Å². The summed E-state index contributed by atoms with van der Waals surface area (Å²) >= 11 is 8.96. The first-order valence-electron chi connectivity index (χ1n) is 4.80. The number of primary amides is 1. The first-order chi connectivity index (χ1) is 7.59. The van der Waals surface area contributed by atoms with Gasteiger partial charge in [0.1, 0.15) is 5.82 Å². The van der Waals surface area contributed by atoms with E-state index in [0.717, 1.165) is 17.3 Å². The zero-order chi connectivity index (χ0) is 12.0. The third kappa shape index (κ3) is 4.76. The van der Waals surface area contributed by atoms with E-state index >= 15 is 0 Å². The van der Waals surface area contributed by atoms with Gasteiger partial charge in [-0.05, 0) is 40.4 Å². The molecule has 0 saturated carbocycles. The molecule has 0 spiro atoms. The minimum Gasteiger partial charge on any atom is -0.370 e. The van der Waals surface area contributed by atoms with Gasteiger partial charge in [0, 0.05) is 19.2 Å². The Kier molecular flexibility index (Phi) is 5.48.